The highest BCUT2D eigenvalue weighted by Crippen LogP contribution is 2.18. The summed E-state index contributed by atoms with van der Waals surface area (Å²) in [5.41, 5.74) is 0.535. The molecule has 0 radical (unpaired) electrons. The molecule has 0 bridgehead atoms. The van der Waals surface area contributed by atoms with Gasteiger partial charge in [-0.15, -0.1) is 0 Å². The van der Waals surface area contributed by atoms with Gasteiger partial charge in [-0.25, -0.2) is 18.1 Å². The fourth-order valence-electron chi connectivity index (χ4n) is 2.67. The molecule has 0 saturated carbocycles. The lowest BCUT2D eigenvalue weighted by Gasteiger charge is -2.31. The van der Waals surface area contributed by atoms with Crippen molar-refractivity contribution in [3.63, 3.8) is 0 Å². The topological polar surface area (TPSA) is 97.2 Å². The van der Waals surface area contributed by atoms with Gasteiger partial charge in [0.05, 0.1) is 17.2 Å². The molecule has 1 atom stereocenters. The predicted octanol–water partition coefficient (Wildman–Crippen LogP) is 0.325. The lowest BCUT2D eigenvalue weighted by molar-refractivity contribution is -0.117. The van der Waals surface area contributed by atoms with Crippen LogP contribution in [0.2, 0.25) is 0 Å². The molecule has 2 aromatic heterocycles. The zero-order valence-corrected chi connectivity index (χ0v) is 14.1. The Morgan fingerprint density at radius 3 is 2.96 bits per heavy atom. The summed E-state index contributed by atoms with van der Waals surface area (Å²) in [5, 5.41) is 6.93. The zero-order chi connectivity index (χ0) is 17.2. The number of aromatic nitrogens is 3. The Kier molecular flexibility index (Phi) is 4.63. The third-order valence-corrected chi connectivity index (χ3v) is 5.73. The second kappa shape index (κ2) is 6.70. The van der Waals surface area contributed by atoms with Gasteiger partial charge in [-0.2, -0.15) is 5.10 Å². The Morgan fingerprint density at radius 2 is 2.21 bits per heavy atom. The van der Waals surface area contributed by atoms with E-state index in [4.69, 9.17) is 0 Å². The minimum Gasteiger partial charge on any atom is -0.323 e. The predicted molar refractivity (Wildman–Crippen MR) is 89.7 cm³/mol. The summed E-state index contributed by atoms with van der Waals surface area (Å²) in [6, 6.07) is 4.92. The van der Waals surface area contributed by atoms with Crippen molar-refractivity contribution in [2.45, 2.75) is 12.5 Å². The maximum absolute atomic E-state index is 12.4. The van der Waals surface area contributed by atoms with Gasteiger partial charge in [0.25, 0.3) is 0 Å². The van der Waals surface area contributed by atoms with E-state index in [1.807, 2.05) is 11.9 Å². The van der Waals surface area contributed by atoms with Gasteiger partial charge in [-0.05, 0) is 25.2 Å². The monoisotopic (exact) mass is 349 g/mol. The van der Waals surface area contributed by atoms with Crippen LogP contribution in [0.1, 0.15) is 6.42 Å². The summed E-state index contributed by atoms with van der Waals surface area (Å²) in [6.07, 6.45) is 5.10. The first-order chi connectivity index (χ1) is 11.4. The van der Waals surface area contributed by atoms with E-state index in [-0.39, 0.29) is 29.9 Å². The lowest BCUT2D eigenvalue weighted by Crippen LogP contribution is -2.47. The van der Waals surface area contributed by atoms with Gasteiger partial charge in [0.1, 0.15) is 0 Å². The second-order valence-corrected chi connectivity index (χ2v) is 8.06. The van der Waals surface area contributed by atoms with E-state index in [2.05, 4.69) is 15.4 Å². The fraction of sp³-hybridized carbons (Fsp3) is 0.400. The Labute approximate surface area is 140 Å². The number of sulfone groups is 1. The maximum atomic E-state index is 12.4. The molecule has 0 aromatic carbocycles. The average molecular weight is 349 g/mol. The number of nitrogens with one attached hydrogen (secondary N) is 1. The van der Waals surface area contributed by atoms with Gasteiger partial charge in [-0.3, -0.25) is 4.79 Å². The summed E-state index contributed by atoms with van der Waals surface area (Å²) < 4.78 is 25.1. The van der Waals surface area contributed by atoms with Crippen LogP contribution in [0.25, 0.3) is 5.82 Å². The molecule has 1 amide bonds. The van der Waals surface area contributed by atoms with Crippen LogP contribution < -0.4 is 5.32 Å². The first-order valence-electron chi connectivity index (χ1n) is 7.60. The molecule has 1 aliphatic heterocycles. The highest BCUT2D eigenvalue weighted by Gasteiger charge is 2.30. The number of nitrogens with zero attached hydrogens (tertiary/aromatic N) is 4. The summed E-state index contributed by atoms with van der Waals surface area (Å²) >= 11 is 0. The van der Waals surface area contributed by atoms with Crippen LogP contribution in [-0.2, 0) is 14.6 Å². The molecule has 1 N–H and O–H groups in total. The van der Waals surface area contributed by atoms with Crippen molar-refractivity contribution in [2.75, 3.05) is 30.4 Å². The van der Waals surface area contributed by atoms with Crippen LogP contribution in [0.5, 0.6) is 0 Å². The average Bonchev–Trinajstić information content (AvgIpc) is 3.05. The highest BCUT2D eigenvalue weighted by molar-refractivity contribution is 7.91. The third-order valence-electron chi connectivity index (χ3n) is 4.03. The molecule has 0 spiro atoms. The van der Waals surface area contributed by atoms with E-state index < -0.39 is 9.84 Å². The normalized spacial score (nSPS) is 20.6. The van der Waals surface area contributed by atoms with E-state index >= 15 is 0 Å². The lowest BCUT2D eigenvalue weighted by atomic mass is 10.2. The molecule has 3 heterocycles. The van der Waals surface area contributed by atoms with E-state index in [9.17, 15) is 13.2 Å². The number of carbonyl (C=O) groups excluding carboxylic acids is 1. The molecule has 1 fully saturated rings. The number of amides is 1. The number of anilines is 1. The van der Waals surface area contributed by atoms with Crippen LogP contribution in [0.4, 0.5) is 5.69 Å². The second-order valence-electron chi connectivity index (χ2n) is 5.83. The van der Waals surface area contributed by atoms with Gasteiger partial charge in [0.15, 0.2) is 15.7 Å². The maximum Gasteiger partial charge on any atom is 0.226 e. The minimum absolute atomic E-state index is 0.00989. The summed E-state index contributed by atoms with van der Waals surface area (Å²) in [4.78, 5) is 18.5. The van der Waals surface area contributed by atoms with Crippen molar-refractivity contribution in [3.05, 3.63) is 36.8 Å². The molecule has 8 nitrogen and oxygen atoms in total. The Bertz CT molecular complexity index is 819. The molecule has 24 heavy (non-hydrogen) atoms. The van der Waals surface area contributed by atoms with E-state index in [1.165, 1.54) is 0 Å². The molecule has 9 heteroatoms. The van der Waals surface area contributed by atoms with Gasteiger partial charge in [0.2, 0.25) is 5.91 Å². The first kappa shape index (κ1) is 16.6. The van der Waals surface area contributed by atoms with E-state index in [1.54, 1.807) is 41.5 Å². The Balaban J connectivity index is 1.72. The molecule has 1 unspecified atom stereocenters. The number of pyridine rings is 1. The van der Waals surface area contributed by atoms with Crippen LogP contribution in [0.3, 0.4) is 0 Å². The number of carbonyl (C=O) groups is 1. The standard InChI is InChI=1S/C15H19N5O3S/c1-19-8-9-24(22,23)11-12(19)10-14(21)18-13-4-2-5-16-15(13)20-7-3-6-17-20/h2-7,12H,8-11H2,1H3,(H,18,21). The van der Waals surface area contributed by atoms with Gasteiger partial charge < -0.3 is 10.2 Å². The van der Waals surface area contributed by atoms with Crippen LogP contribution in [0.15, 0.2) is 36.8 Å². The molecule has 3 rings (SSSR count). The van der Waals surface area contributed by atoms with Crippen LogP contribution in [-0.4, -0.2) is 65.1 Å². The molecular formula is C15H19N5O3S. The summed E-state index contributed by atoms with van der Waals surface area (Å²) in [7, 11) is -1.24. The molecule has 1 aliphatic rings. The number of rotatable bonds is 4. The number of hydrogen-bond donors (Lipinski definition) is 1. The van der Waals surface area contributed by atoms with Crippen molar-refractivity contribution >= 4 is 21.4 Å². The molecule has 2 aromatic rings. The summed E-state index contributed by atoms with van der Waals surface area (Å²) in [6.45, 7) is 0.450. The highest BCUT2D eigenvalue weighted by atomic mass is 32.2. The quantitative estimate of drug-likeness (QED) is 0.854. The van der Waals surface area contributed by atoms with Crippen LogP contribution >= 0.6 is 0 Å². The third kappa shape index (κ3) is 3.80. The Hall–Kier alpha value is -2.26. The summed E-state index contributed by atoms with van der Waals surface area (Å²) in [5.74, 6) is 0.426. The van der Waals surface area contributed by atoms with E-state index in [0.717, 1.165) is 0 Å². The molecular weight excluding hydrogens is 330 g/mol. The van der Waals surface area contributed by atoms with Gasteiger partial charge in [0, 0.05) is 37.6 Å². The fourth-order valence-corrected chi connectivity index (χ4v) is 4.36. The first-order valence-corrected chi connectivity index (χ1v) is 9.42. The van der Waals surface area contributed by atoms with Gasteiger partial charge >= 0.3 is 0 Å². The van der Waals surface area contributed by atoms with Gasteiger partial charge in [-0.1, -0.05) is 0 Å². The Morgan fingerprint density at radius 1 is 1.38 bits per heavy atom. The number of hydrogen-bond acceptors (Lipinski definition) is 6. The largest absolute Gasteiger partial charge is 0.323 e. The van der Waals surface area contributed by atoms with Crippen molar-refractivity contribution in [3.8, 4) is 5.82 Å². The SMILES string of the molecule is CN1CCS(=O)(=O)CC1CC(=O)Nc1cccnc1-n1cccn1. The van der Waals surface area contributed by atoms with Crippen LogP contribution in [0, 0.1) is 0 Å². The smallest absolute Gasteiger partial charge is 0.226 e. The zero-order valence-electron chi connectivity index (χ0n) is 13.3. The van der Waals surface area contributed by atoms with E-state index in [0.29, 0.717) is 18.1 Å². The minimum atomic E-state index is -3.08. The van der Waals surface area contributed by atoms with Crippen molar-refractivity contribution in [1.82, 2.24) is 19.7 Å². The molecule has 1 saturated heterocycles. The molecule has 0 aliphatic carbocycles. The van der Waals surface area contributed by atoms with Crippen molar-refractivity contribution in [1.29, 1.82) is 0 Å². The van der Waals surface area contributed by atoms with Crippen molar-refractivity contribution < 1.29 is 13.2 Å². The van der Waals surface area contributed by atoms with Crippen molar-refractivity contribution in [2.24, 2.45) is 0 Å². The molecule has 128 valence electrons.